The van der Waals surface area contributed by atoms with Crippen molar-refractivity contribution in [2.75, 3.05) is 13.2 Å². The maximum atomic E-state index is 5.45. The van der Waals surface area contributed by atoms with Crippen LogP contribution in [0.25, 0.3) is 0 Å². The summed E-state index contributed by atoms with van der Waals surface area (Å²) in [6.45, 7) is 5.79. The second kappa shape index (κ2) is 4.11. The molecule has 2 heteroatoms. The minimum Gasteiger partial charge on any atom is -0.346 e. The average Bonchev–Trinajstić information content (AvgIpc) is 2.71. The van der Waals surface area contributed by atoms with Gasteiger partial charge in [-0.3, -0.25) is 0 Å². The van der Waals surface area contributed by atoms with Gasteiger partial charge in [0.05, 0.1) is 13.2 Å². The van der Waals surface area contributed by atoms with Gasteiger partial charge >= 0.3 is 0 Å². The maximum absolute atomic E-state index is 5.45. The summed E-state index contributed by atoms with van der Waals surface area (Å²) in [5.41, 5.74) is 2.47. The van der Waals surface area contributed by atoms with Crippen LogP contribution in [-0.4, -0.2) is 13.2 Å². The predicted molar refractivity (Wildman–Crippen MR) is 55.2 cm³/mol. The van der Waals surface area contributed by atoms with E-state index in [2.05, 4.69) is 38.1 Å². The van der Waals surface area contributed by atoms with Crippen LogP contribution < -0.4 is 0 Å². The van der Waals surface area contributed by atoms with Crippen molar-refractivity contribution in [3.05, 3.63) is 35.4 Å². The highest BCUT2D eigenvalue weighted by Gasteiger charge is 2.18. The standard InChI is InChI=1S/C12H16O2/c1-9(2)10-4-3-5-11(8-10)12-13-6-7-14-12/h3-5,8-9,12H,6-7H2,1-2H3. The number of hydrogen-bond donors (Lipinski definition) is 0. The van der Waals surface area contributed by atoms with Crippen LogP contribution in [0.15, 0.2) is 24.3 Å². The third-order valence-corrected chi connectivity index (χ3v) is 2.47. The molecule has 0 saturated carbocycles. The molecule has 0 bridgehead atoms. The monoisotopic (exact) mass is 192 g/mol. The normalized spacial score (nSPS) is 17.9. The maximum Gasteiger partial charge on any atom is 0.184 e. The Hall–Kier alpha value is -0.860. The Morgan fingerprint density at radius 2 is 1.93 bits per heavy atom. The Morgan fingerprint density at radius 3 is 2.57 bits per heavy atom. The summed E-state index contributed by atoms with van der Waals surface area (Å²) in [5, 5.41) is 0. The van der Waals surface area contributed by atoms with E-state index in [4.69, 9.17) is 9.47 Å². The lowest BCUT2D eigenvalue weighted by molar-refractivity contribution is -0.0441. The molecule has 1 aliphatic rings. The summed E-state index contributed by atoms with van der Waals surface area (Å²) in [5.74, 6) is 0.552. The van der Waals surface area contributed by atoms with E-state index >= 15 is 0 Å². The Balaban J connectivity index is 2.21. The van der Waals surface area contributed by atoms with Gasteiger partial charge in [-0.25, -0.2) is 0 Å². The second-order valence-electron chi connectivity index (χ2n) is 3.90. The Kier molecular flexibility index (Phi) is 2.85. The molecule has 2 nitrogen and oxygen atoms in total. The van der Waals surface area contributed by atoms with Gasteiger partial charge in [0.2, 0.25) is 0 Å². The molecule has 1 fully saturated rings. The summed E-state index contributed by atoms with van der Waals surface area (Å²) in [4.78, 5) is 0. The first-order chi connectivity index (χ1) is 6.77. The van der Waals surface area contributed by atoms with Crippen LogP contribution >= 0.6 is 0 Å². The minimum absolute atomic E-state index is 0.145. The Labute approximate surface area is 84.8 Å². The summed E-state index contributed by atoms with van der Waals surface area (Å²) in [6, 6.07) is 8.43. The minimum atomic E-state index is -0.145. The van der Waals surface area contributed by atoms with Gasteiger partial charge in [-0.15, -0.1) is 0 Å². The number of hydrogen-bond acceptors (Lipinski definition) is 2. The Bertz CT molecular complexity index is 301. The van der Waals surface area contributed by atoms with E-state index in [-0.39, 0.29) is 6.29 Å². The zero-order valence-electron chi connectivity index (χ0n) is 8.69. The van der Waals surface area contributed by atoms with E-state index in [1.807, 2.05) is 0 Å². The highest BCUT2D eigenvalue weighted by Crippen LogP contribution is 2.25. The molecule has 0 amide bonds. The highest BCUT2D eigenvalue weighted by molar-refractivity contribution is 5.26. The van der Waals surface area contributed by atoms with Crippen LogP contribution in [0, 0.1) is 0 Å². The van der Waals surface area contributed by atoms with Crippen molar-refractivity contribution in [1.82, 2.24) is 0 Å². The molecule has 1 aliphatic heterocycles. The van der Waals surface area contributed by atoms with E-state index in [0.717, 1.165) is 5.56 Å². The average molecular weight is 192 g/mol. The smallest absolute Gasteiger partial charge is 0.184 e. The molecule has 0 spiro atoms. The third-order valence-electron chi connectivity index (χ3n) is 2.47. The fourth-order valence-electron chi connectivity index (χ4n) is 1.62. The van der Waals surface area contributed by atoms with Gasteiger partial charge in [-0.05, 0) is 11.5 Å². The van der Waals surface area contributed by atoms with Gasteiger partial charge in [0.15, 0.2) is 6.29 Å². The lowest BCUT2D eigenvalue weighted by atomic mass is 10.0. The lowest BCUT2D eigenvalue weighted by Gasteiger charge is -2.12. The van der Waals surface area contributed by atoms with Crippen molar-refractivity contribution in [3.8, 4) is 0 Å². The molecule has 2 rings (SSSR count). The fraction of sp³-hybridized carbons (Fsp3) is 0.500. The molecule has 0 atom stereocenters. The molecule has 1 aromatic rings. The largest absolute Gasteiger partial charge is 0.346 e. The van der Waals surface area contributed by atoms with Crippen molar-refractivity contribution in [2.45, 2.75) is 26.1 Å². The van der Waals surface area contributed by atoms with E-state index in [1.165, 1.54) is 5.56 Å². The molecule has 0 unspecified atom stereocenters. The van der Waals surface area contributed by atoms with Crippen molar-refractivity contribution in [3.63, 3.8) is 0 Å². The lowest BCUT2D eigenvalue weighted by Crippen LogP contribution is -1.99. The zero-order valence-corrected chi connectivity index (χ0v) is 8.69. The van der Waals surface area contributed by atoms with Gasteiger partial charge in [-0.1, -0.05) is 38.1 Å². The first kappa shape index (κ1) is 9.69. The molecule has 1 heterocycles. The van der Waals surface area contributed by atoms with Crippen LogP contribution in [0.1, 0.15) is 37.2 Å². The summed E-state index contributed by atoms with van der Waals surface area (Å²) in [6.07, 6.45) is -0.145. The molecule has 0 radical (unpaired) electrons. The van der Waals surface area contributed by atoms with Gasteiger partial charge in [0.1, 0.15) is 0 Å². The quantitative estimate of drug-likeness (QED) is 0.717. The fourth-order valence-corrected chi connectivity index (χ4v) is 1.62. The van der Waals surface area contributed by atoms with Crippen LogP contribution in [-0.2, 0) is 9.47 Å². The molecule has 0 N–H and O–H groups in total. The molecule has 14 heavy (non-hydrogen) atoms. The topological polar surface area (TPSA) is 18.5 Å². The van der Waals surface area contributed by atoms with Crippen LogP contribution in [0.3, 0.4) is 0 Å². The van der Waals surface area contributed by atoms with Crippen LogP contribution in [0.5, 0.6) is 0 Å². The van der Waals surface area contributed by atoms with Gasteiger partial charge in [0, 0.05) is 5.56 Å². The summed E-state index contributed by atoms with van der Waals surface area (Å²) >= 11 is 0. The van der Waals surface area contributed by atoms with Crippen molar-refractivity contribution in [1.29, 1.82) is 0 Å². The molecule has 1 aromatic carbocycles. The molecule has 0 aliphatic carbocycles. The van der Waals surface area contributed by atoms with Crippen molar-refractivity contribution >= 4 is 0 Å². The first-order valence-corrected chi connectivity index (χ1v) is 5.10. The summed E-state index contributed by atoms with van der Waals surface area (Å²) in [7, 11) is 0. The Morgan fingerprint density at radius 1 is 1.21 bits per heavy atom. The molecular formula is C12H16O2. The predicted octanol–water partition coefficient (Wildman–Crippen LogP) is 2.86. The van der Waals surface area contributed by atoms with Crippen LogP contribution in [0.4, 0.5) is 0 Å². The third kappa shape index (κ3) is 1.97. The molecule has 0 aromatic heterocycles. The van der Waals surface area contributed by atoms with E-state index in [1.54, 1.807) is 0 Å². The van der Waals surface area contributed by atoms with Crippen molar-refractivity contribution < 1.29 is 9.47 Å². The van der Waals surface area contributed by atoms with Crippen LogP contribution in [0.2, 0.25) is 0 Å². The summed E-state index contributed by atoms with van der Waals surface area (Å²) < 4.78 is 10.9. The molecule has 76 valence electrons. The van der Waals surface area contributed by atoms with Gasteiger partial charge < -0.3 is 9.47 Å². The second-order valence-corrected chi connectivity index (χ2v) is 3.90. The first-order valence-electron chi connectivity index (χ1n) is 5.10. The number of rotatable bonds is 2. The van der Waals surface area contributed by atoms with E-state index in [0.29, 0.717) is 19.1 Å². The molecule has 1 saturated heterocycles. The van der Waals surface area contributed by atoms with E-state index < -0.39 is 0 Å². The SMILES string of the molecule is CC(C)c1cccc(C2OCCO2)c1. The van der Waals surface area contributed by atoms with Crippen molar-refractivity contribution in [2.24, 2.45) is 0 Å². The zero-order chi connectivity index (χ0) is 9.97. The molecular weight excluding hydrogens is 176 g/mol. The number of benzene rings is 1. The van der Waals surface area contributed by atoms with Gasteiger partial charge in [0.25, 0.3) is 0 Å². The highest BCUT2D eigenvalue weighted by atomic mass is 16.7. The number of ether oxygens (including phenoxy) is 2. The van der Waals surface area contributed by atoms with Gasteiger partial charge in [-0.2, -0.15) is 0 Å². The van der Waals surface area contributed by atoms with E-state index in [9.17, 15) is 0 Å².